The van der Waals surface area contributed by atoms with E-state index in [9.17, 15) is 17.6 Å². The maximum absolute atomic E-state index is 13.3. The molecule has 0 N–H and O–H groups in total. The number of benzene rings is 1. The van der Waals surface area contributed by atoms with E-state index in [2.05, 4.69) is 4.74 Å². The zero-order valence-electron chi connectivity index (χ0n) is 8.45. The minimum absolute atomic E-state index is 0.303. The quantitative estimate of drug-likeness (QED) is 0.780. The molecule has 1 rings (SSSR count). The third kappa shape index (κ3) is 2.33. The highest BCUT2D eigenvalue weighted by atomic mass is 35.5. The van der Waals surface area contributed by atoms with Gasteiger partial charge in [0.1, 0.15) is 4.90 Å². The average Bonchev–Trinajstić information content (AvgIpc) is 2.15. The van der Waals surface area contributed by atoms with Crippen LogP contribution in [0.2, 0.25) is 0 Å². The third-order valence-electron chi connectivity index (χ3n) is 1.85. The lowest BCUT2D eigenvalue weighted by Crippen LogP contribution is -2.08. The summed E-state index contributed by atoms with van der Waals surface area (Å²) >= 11 is 5.21. The first-order chi connectivity index (χ1) is 7.29. The molecule has 1 aromatic rings. The number of hydrogen-bond donors (Lipinski definition) is 0. The van der Waals surface area contributed by atoms with Crippen LogP contribution in [0.5, 0.6) is 5.75 Å². The summed E-state index contributed by atoms with van der Waals surface area (Å²) in [5, 5.41) is -0.987. The van der Waals surface area contributed by atoms with Gasteiger partial charge < -0.3 is 4.74 Å². The number of carbonyl (C=O) groups excluding carboxylic acids is 1. The number of sulfone groups is 1. The molecule has 0 atom stereocenters. The Morgan fingerprint density at radius 1 is 1.44 bits per heavy atom. The van der Waals surface area contributed by atoms with Crippen LogP contribution in [-0.4, -0.2) is 27.0 Å². The molecule has 7 heteroatoms. The highest BCUT2D eigenvalue weighted by Crippen LogP contribution is 2.31. The SMILES string of the molecule is COc1c(F)ccc(C(=O)Cl)c1S(C)(=O)=O. The van der Waals surface area contributed by atoms with Crippen LogP contribution < -0.4 is 4.74 Å². The van der Waals surface area contributed by atoms with Gasteiger partial charge in [-0.1, -0.05) is 0 Å². The Balaban J connectivity index is 3.75. The lowest BCUT2D eigenvalue weighted by Gasteiger charge is -2.10. The molecule has 0 spiro atoms. The zero-order valence-corrected chi connectivity index (χ0v) is 10.0. The molecular formula is C9H8ClFO4S. The van der Waals surface area contributed by atoms with Crippen molar-refractivity contribution in [3.63, 3.8) is 0 Å². The van der Waals surface area contributed by atoms with Crippen molar-refractivity contribution >= 4 is 26.7 Å². The van der Waals surface area contributed by atoms with E-state index in [0.29, 0.717) is 0 Å². The van der Waals surface area contributed by atoms with Crippen molar-refractivity contribution < 1.29 is 22.3 Å². The molecule has 0 heterocycles. The summed E-state index contributed by atoms with van der Waals surface area (Å²) in [5.41, 5.74) is -0.303. The summed E-state index contributed by atoms with van der Waals surface area (Å²) in [5.74, 6) is -1.38. The standard InChI is InChI=1S/C9H8ClFO4S/c1-15-7-6(11)4-3-5(9(10)12)8(7)16(2,13)14/h3-4H,1-2H3. The summed E-state index contributed by atoms with van der Waals surface area (Å²) in [4.78, 5) is 10.5. The van der Waals surface area contributed by atoms with Gasteiger partial charge in [-0.15, -0.1) is 0 Å². The van der Waals surface area contributed by atoms with Crippen LogP contribution in [0.4, 0.5) is 4.39 Å². The van der Waals surface area contributed by atoms with Crippen LogP contribution in [0.3, 0.4) is 0 Å². The van der Waals surface area contributed by atoms with Crippen molar-refractivity contribution in [3.05, 3.63) is 23.5 Å². The van der Waals surface area contributed by atoms with E-state index in [1.807, 2.05) is 0 Å². The molecule has 0 bridgehead atoms. The molecule has 0 radical (unpaired) electrons. The maximum Gasteiger partial charge on any atom is 0.253 e. The van der Waals surface area contributed by atoms with E-state index in [-0.39, 0.29) is 5.56 Å². The number of methoxy groups -OCH3 is 1. The molecule has 0 amide bonds. The normalized spacial score (nSPS) is 11.2. The highest BCUT2D eigenvalue weighted by molar-refractivity contribution is 7.91. The first kappa shape index (κ1) is 12.9. The molecule has 0 aliphatic heterocycles. The van der Waals surface area contributed by atoms with Gasteiger partial charge in [0, 0.05) is 6.26 Å². The number of hydrogen-bond acceptors (Lipinski definition) is 4. The Hall–Kier alpha value is -1.14. The first-order valence-electron chi connectivity index (χ1n) is 4.05. The van der Waals surface area contributed by atoms with Crippen LogP contribution in [0.15, 0.2) is 17.0 Å². The van der Waals surface area contributed by atoms with Gasteiger partial charge in [-0.3, -0.25) is 4.79 Å². The molecule has 4 nitrogen and oxygen atoms in total. The van der Waals surface area contributed by atoms with Gasteiger partial charge >= 0.3 is 0 Å². The Bertz CT molecular complexity index is 539. The lowest BCUT2D eigenvalue weighted by molar-refractivity contribution is 0.107. The fourth-order valence-electron chi connectivity index (χ4n) is 1.25. The molecule has 0 aromatic heterocycles. The van der Waals surface area contributed by atoms with Gasteiger partial charge in [-0.2, -0.15) is 0 Å². The molecule has 1 aromatic carbocycles. The molecule has 0 saturated carbocycles. The molecular weight excluding hydrogens is 259 g/mol. The van der Waals surface area contributed by atoms with Crippen molar-refractivity contribution in [2.24, 2.45) is 0 Å². The van der Waals surface area contributed by atoms with Crippen LogP contribution in [-0.2, 0) is 9.84 Å². The number of carbonyl (C=O) groups is 1. The molecule has 0 fully saturated rings. The summed E-state index contributed by atoms with van der Waals surface area (Å²) in [6.45, 7) is 0. The van der Waals surface area contributed by atoms with Gasteiger partial charge in [0.2, 0.25) is 0 Å². The fourth-order valence-corrected chi connectivity index (χ4v) is 2.54. The van der Waals surface area contributed by atoms with Gasteiger partial charge in [0.15, 0.2) is 21.4 Å². The summed E-state index contributed by atoms with van der Waals surface area (Å²) in [7, 11) is -2.71. The van der Waals surface area contributed by atoms with Gasteiger partial charge in [0.25, 0.3) is 5.24 Å². The predicted molar refractivity (Wildman–Crippen MR) is 56.2 cm³/mol. The third-order valence-corrected chi connectivity index (χ3v) is 3.20. The topological polar surface area (TPSA) is 60.4 Å². The molecule has 88 valence electrons. The summed E-state index contributed by atoms with van der Waals surface area (Å²) in [6, 6.07) is 1.92. The van der Waals surface area contributed by atoms with E-state index in [0.717, 1.165) is 25.5 Å². The van der Waals surface area contributed by atoms with Gasteiger partial charge in [-0.05, 0) is 23.7 Å². The lowest BCUT2D eigenvalue weighted by atomic mass is 10.2. The van der Waals surface area contributed by atoms with Crippen molar-refractivity contribution in [1.29, 1.82) is 0 Å². The molecule has 0 unspecified atom stereocenters. The largest absolute Gasteiger partial charge is 0.492 e. The van der Waals surface area contributed by atoms with Crippen molar-refractivity contribution in [2.45, 2.75) is 4.90 Å². The number of halogens is 2. The van der Waals surface area contributed by atoms with E-state index in [1.54, 1.807) is 0 Å². The smallest absolute Gasteiger partial charge is 0.253 e. The number of ether oxygens (including phenoxy) is 1. The molecule has 0 aliphatic rings. The van der Waals surface area contributed by atoms with Crippen molar-refractivity contribution in [2.75, 3.05) is 13.4 Å². The highest BCUT2D eigenvalue weighted by Gasteiger charge is 2.25. The van der Waals surface area contributed by atoms with Crippen LogP contribution >= 0.6 is 11.6 Å². The minimum Gasteiger partial charge on any atom is -0.492 e. The van der Waals surface area contributed by atoms with Crippen molar-refractivity contribution in [3.8, 4) is 5.75 Å². The minimum atomic E-state index is -3.81. The second-order valence-electron chi connectivity index (χ2n) is 3.00. The molecule has 0 aliphatic carbocycles. The van der Waals surface area contributed by atoms with Crippen LogP contribution in [0.1, 0.15) is 10.4 Å². The second-order valence-corrected chi connectivity index (χ2v) is 5.30. The van der Waals surface area contributed by atoms with E-state index >= 15 is 0 Å². The van der Waals surface area contributed by atoms with Crippen molar-refractivity contribution in [1.82, 2.24) is 0 Å². The van der Waals surface area contributed by atoms with Crippen LogP contribution in [0.25, 0.3) is 0 Å². The van der Waals surface area contributed by atoms with Gasteiger partial charge in [-0.25, -0.2) is 12.8 Å². The summed E-state index contributed by atoms with van der Waals surface area (Å²) < 4.78 is 40.8. The summed E-state index contributed by atoms with van der Waals surface area (Å²) in [6.07, 6.45) is 0.841. The maximum atomic E-state index is 13.3. The van der Waals surface area contributed by atoms with Crippen LogP contribution in [0, 0.1) is 5.82 Å². The fraction of sp³-hybridized carbons (Fsp3) is 0.222. The van der Waals surface area contributed by atoms with Gasteiger partial charge in [0.05, 0.1) is 12.7 Å². The van der Waals surface area contributed by atoms with E-state index in [4.69, 9.17) is 11.6 Å². The monoisotopic (exact) mass is 266 g/mol. The predicted octanol–water partition coefficient (Wildman–Crippen LogP) is 1.62. The number of rotatable bonds is 3. The molecule has 0 saturated heterocycles. The Kier molecular flexibility index (Phi) is 3.54. The van der Waals surface area contributed by atoms with E-state index in [1.165, 1.54) is 0 Å². The zero-order chi connectivity index (χ0) is 12.5. The molecule has 16 heavy (non-hydrogen) atoms. The average molecular weight is 267 g/mol. The second kappa shape index (κ2) is 4.39. The Labute approximate surface area is 96.9 Å². The Morgan fingerprint density at radius 3 is 2.38 bits per heavy atom. The Morgan fingerprint density at radius 2 is 2.00 bits per heavy atom. The first-order valence-corrected chi connectivity index (χ1v) is 6.32. The van der Waals surface area contributed by atoms with E-state index < -0.39 is 31.5 Å².